The Kier molecular flexibility index (Phi) is 5.92. The Labute approximate surface area is 199 Å². The molecular formula is C23H20N2O5S3. The van der Waals surface area contributed by atoms with Crippen molar-refractivity contribution < 1.29 is 22.4 Å². The number of aromatic nitrogens is 1. The number of hydrogen-bond acceptors (Lipinski definition) is 8. The van der Waals surface area contributed by atoms with E-state index < -0.39 is 10.1 Å². The molecule has 10 heteroatoms. The molecule has 0 amide bonds. The van der Waals surface area contributed by atoms with Gasteiger partial charge in [-0.05, 0) is 43.3 Å². The van der Waals surface area contributed by atoms with Crippen LogP contribution < -0.4 is 14.4 Å². The number of fused-ring (bicyclic) bond motifs is 4. The van der Waals surface area contributed by atoms with Gasteiger partial charge >= 0.3 is 0 Å². The van der Waals surface area contributed by atoms with E-state index in [1.165, 1.54) is 27.4 Å². The van der Waals surface area contributed by atoms with Gasteiger partial charge in [0.15, 0.2) is 11.5 Å². The molecule has 6 rings (SSSR count). The van der Waals surface area contributed by atoms with Crippen molar-refractivity contribution >= 4 is 49.1 Å². The maximum absolute atomic E-state index is 10.5. The summed E-state index contributed by atoms with van der Waals surface area (Å²) in [4.78, 5) is 8.20. The zero-order valence-corrected chi connectivity index (χ0v) is 20.0. The van der Waals surface area contributed by atoms with Crippen molar-refractivity contribution in [2.24, 2.45) is 0 Å². The van der Waals surface area contributed by atoms with E-state index in [1.807, 2.05) is 19.1 Å². The van der Waals surface area contributed by atoms with E-state index in [9.17, 15) is 8.42 Å². The van der Waals surface area contributed by atoms with Crippen molar-refractivity contribution in [3.8, 4) is 11.5 Å². The summed E-state index contributed by atoms with van der Waals surface area (Å²) in [6.45, 7) is 3.00. The van der Waals surface area contributed by atoms with E-state index in [4.69, 9.17) is 19.0 Å². The minimum atomic E-state index is -4.02. The average Bonchev–Trinajstić information content (AvgIpc) is 3.51. The number of rotatable bonds is 3. The lowest BCUT2D eigenvalue weighted by molar-refractivity contribution is 0.172. The normalized spacial score (nSPS) is 14.2. The Morgan fingerprint density at radius 2 is 1.85 bits per heavy atom. The lowest BCUT2D eigenvalue weighted by Crippen LogP contribution is -2.17. The highest BCUT2D eigenvalue weighted by atomic mass is 32.2. The van der Waals surface area contributed by atoms with Crippen LogP contribution >= 0.6 is 23.1 Å². The molecule has 0 spiro atoms. The maximum atomic E-state index is 10.5. The summed E-state index contributed by atoms with van der Waals surface area (Å²) >= 11 is 3.57. The first-order valence-corrected chi connectivity index (χ1v) is 13.3. The highest BCUT2D eigenvalue weighted by Crippen LogP contribution is 2.51. The van der Waals surface area contributed by atoms with Gasteiger partial charge < -0.3 is 14.4 Å². The van der Waals surface area contributed by atoms with Gasteiger partial charge in [0, 0.05) is 0 Å². The molecule has 0 saturated heterocycles. The SMILES string of the molecule is Cc1ccc(S(=O)(=O)O)cc1.c1ccc2sc(CN3CSc4c3ccc3c4OCO3)nc2c1. The Hall–Kier alpha value is -2.79. The largest absolute Gasteiger partial charge is 0.454 e. The van der Waals surface area contributed by atoms with Crippen LogP contribution in [0.5, 0.6) is 11.5 Å². The van der Waals surface area contributed by atoms with E-state index >= 15 is 0 Å². The Bertz CT molecular complexity index is 1390. The molecule has 0 fully saturated rings. The van der Waals surface area contributed by atoms with Crippen molar-refractivity contribution in [1.29, 1.82) is 0 Å². The van der Waals surface area contributed by atoms with Crippen LogP contribution in [-0.2, 0) is 16.7 Å². The molecule has 4 aromatic rings. The van der Waals surface area contributed by atoms with Crippen LogP contribution in [0.1, 0.15) is 10.6 Å². The summed E-state index contributed by atoms with van der Waals surface area (Å²) in [5.41, 5.74) is 3.26. The summed E-state index contributed by atoms with van der Waals surface area (Å²) in [6.07, 6.45) is 0. The minimum absolute atomic E-state index is 0.0666. The predicted molar refractivity (Wildman–Crippen MR) is 130 cm³/mol. The predicted octanol–water partition coefficient (Wildman–Crippen LogP) is 5.34. The summed E-state index contributed by atoms with van der Waals surface area (Å²) < 4.78 is 41.9. The van der Waals surface area contributed by atoms with Crippen LogP contribution in [0.15, 0.2) is 70.5 Å². The molecule has 1 N–H and O–H groups in total. The monoisotopic (exact) mass is 500 g/mol. The molecule has 3 heterocycles. The number of benzene rings is 3. The Morgan fingerprint density at radius 1 is 1.06 bits per heavy atom. The molecule has 3 aromatic carbocycles. The third kappa shape index (κ3) is 4.65. The van der Waals surface area contributed by atoms with Crippen molar-refractivity contribution in [3.63, 3.8) is 0 Å². The van der Waals surface area contributed by atoms with Crippen molar-refractivity contribution in [3.05, 3.63) is 71.2 Å². The van der Waals surface area contributed by atoms with Gasteiger partial charge in [-0.1, -0.05) is 41.6 Å². The Balaban J connectivity index is 0.000000177. The van der Waals surface area contributed by atoms with Gasteiger partial charge in [0.05, 0.1) is 38.1 Å². The van der Waals surface area contributed by atoms with E-state index in [0.717, 1.165) is 40.0 Å². The lowest BCUT2D eigenvalue weighted by Gasteiger charge is -2.16. The molecule has 33 heavy (non-hydrogen) atoms. The molecule has 170 valence electrons. The molecule has 2 aliphatic rings. The van der Waals surface area contributed by atoms with Gasteiger partial charge in [-0.3, -0.25) is 4.55 Å². The Morgan fingerprint density at radius 3 is 2.61 bits per heavy atom. The quantitative estimate of drug-likeness (QED) is 0.377. The molecule has 0 unspecified atom stereocenters. The first-order chi connectivity index (χ1) is 15.9. The number of anilines is 1. The van der Waals surface area contributed by atoms with E-state index in [0.29, 0.717) is 6.79 Å². The van der Waals surface area contributed by atoms with Gasteiger partial charge in [-0.25, -0.2) is 4.98 Å². The summed E-state index contributed by atoms with van der Waals surface area (Å²) in [5, 5.41) is 1.15. The van der Waals surface area contributed by atoms with E-state index in [2.05, 4.69) is 29.2 Å². The molecule has 1 aromatic heterocycles. The molecular weight excluding hydrogens is 480 g/mol. The van der Waals surface area contributed by atoms with E-state index in [1.54, 1.807) is 35.2 Å². The van der Waals surface area contributed by atoms with Gasteiger partial charge in [0.25, 0.3) is 10.1 Å². The second kappa shape index (κ2) is 8.86. The van der Waals surface area contributed by atoms with Crippen LogP contribution in [0.2, 0.25) is 0 Å². The number of ether oxygens (including phenoxy) is 2. The van der Waals surface area contributed by atoms with Crippen LogP contribution in [-0.4, -0.2) is 30.6 Å². The number of thioether (sulfide) groups is 1. The number of para-hydroxylation sites is 1. The van der Waals surface area contributed by atoms with Crippen LogP contribution in [0.4, 0.5) is 5.69 Å². The second-order valence-electron chi connectivity index (χ2n) is 7.48. The standard InChI is InChI=1S/C16H12N2O2S2.C7H8O3S/c1-2-4-13-10(3-1)17-14(22-13)7-18-8-21-16-11(18)5-6-12-15(16)20-9-19-12;1-6-2-4-7(5-3-6)11(8,9)10/h1-6H,7-9H2;2-5H,1H3,(H,8,9,10). The zero-order chi connectivity index (χ0) is 23.0. The first kappa shape index (κ1) is 22.0. The zero-order valence-electron chi connectivity index (χ0n) is 17.6. The number of thiazole rings is 1. The van der Waals surface area contributed by atoms with E-state index in [-0.39, 0.29) is 4.90 Å². The molecule has 0 saturated carbocycles. The van der Waals surface area contributed by atoms with Crippen molar-refractivity contribution in [1.82, 2.24) is 4.98 Å². The highest BCUT2D eigenvalue weighted by molar-refractivity contribution is 8.00. The highest BCUT2D eigenvalue weighted by Gasteiger charge is 2.29. The number of hydrogen-bond donors (Lipinski definition) is 1. The fourth-order valence-corrected chi connectivity index (χ4v) is 6.14. The minimum Gasteiger partial charge on any atom is -0.454 e. The van der Waals surface area contributed by atoms with Crippen LogP contribution in [0.25, 0.3) is 10.2 Å². The number of aryl methyl sites for hydroxylation is 1. The average molecular weight is 501 g/mol. The molecule has 0 radical (unpaired) electrons. The summed E-state index contributed by atoms with van der Waals surface area (Å²) in [6, 6.07) is 18.4. The first-order valence-electron chi connectivity index (χ1n) is 10.1. The van der Waals surface area contributed by atoms with Crippen molar-refractivity contribution in [2.45, 2.75) is 23.3 Å². The third-order valence-corrected chi connectivity index (χ3v) is 8.17. The third-order valence-electron chi connectivity index (χ3n) is 5.16. The molecule has 7 nitrogen and oxygen atoms in total. The smallest absolute Gasteiger partial charge is 0.294 e. The fraction of sp³-hybridized carbons (Fsp3) is 0.174. The van der Waals surface area contributed by atoms with Gasteiger partial charge in [0.2, 0.25) is 6.79 Å². The molecule has 2 aliphatic heterocycles. The van der Waals surface area contributed by atoms with Gasteiger partial charge in [0.1, 0.15) is 5.01 Å². The maximum Gasteiger partial charge on any atom is 0.294 e. The molecule has 0 atom stereocenters. The summed E-state index contributed by atoms with van der Waals surface area (Å²) in [5.74, 6) is 2.67. The molecule has 0 aliphatic carbocycles. The second-order valence-corrected chi connectivity index (χ2v) is 11.0. The number of nitrogens with zero attached hydrogens (tertiary/aromatic N) is 2. The van der Waals surface area contributed by atoms with Gasteiger partial charge in [-0.15, -0.1) is 11.3 Å². The van der Waals surface area contributed by atoms with Crippen molar-refractivity contribution in [2.75, 3.05) is 17.6 Å². The topological polar surface area (TPSA) is 89.0 Å². The lowest BCUT2D eigenvalue weighted by atomic mass is 10.2. The van der Waals surface area contributed by atoms with Crippen LogP contribution in [0, 0.1) is 6.92 Å². The van der Waals surface area contributed by atoms with Gasteiger partial charge in [-0.2, -0.15) is 8.42 Å². The summed E-state index contributed by atoms with van der Waals surface area (Å²) in [7, 11) is -4.02. The fourth-order valence-electron chi connectivity index (χ4n) is 3.53. The molecule has 0 bridgehead atoms. The van der Waals surface area contributed by atoms with Crippen LogP contribution in [0.3, 0.4) is 0 Å².